The third-order valence-corrected chi connectivity index (χ3v) is 6.99. The molecular weight excluding hydrogens is 428 g/mol. The number of hydrogen-bond donors (Lipinski definition) is 1. The summed E-state index contributed by atoms with van der Waals surface area (Å²) in [6, 6.07) is 6.36. The SMILES string of the molecule is CC(=O)N1CCCCCCCN(C2CCOCC2)Cc2cc(C(=O)NCCCN(C)C)ccc21. The zero-order valence-corrected chi connectivity index (χ0v) is 21.5. The van der Waals surface area contributed by atoms with E-state index in [1.807, 2.05) is 37.2 Å². The van der Waals surface area contributed by atoms with Crippen molar-refractivity contribution in [1.82, 2.24) is 15.1 Å². The van der Waals surface area contributed by atoms with Crippen molar-refractivity contribution in [3.8, 4) is 0 Å². The van der Waals surface area contributed by atoms with E-state index in [2.05, 4.69) is 15.1 Å². The normalized spacial score (nSPS) is 19.2. The molecule has 190 valence electrons. The Balaban J connectivity index is 1.86. The lowest BCUT2D eigenvalue weighted by atomic mass is 10.0. The largest absolute Gasteiger partial charge is 0.381 e. The topological polar surface area (TPSA) is 65.1 Å². The lowest BCUT2D eigenvalue weighted by Crippen LogP contribution is -2.40. The van der Waals surface area contributed by atoms with E-state index >= 15 is 0 Å². The van der Waals surface area contributed by atoms with Gasteiger partial charge in [-0.15, -0.1) is 0 Å². The number of ether oxygens (including phenoxy) is 1. The van der Waals surface area contributed by atoms with Crippen LogP contribution >= 0.6 is 0 Å². The minimum absolute atomic E-state index is 0.0420. The molecule has 0 atom stereocenters. The van der Waals surface area contributed by atoms with E-state index in [0.717, 1.165) is 82.7 Å². The molecule has 0 saturated carbocycles. The van der Waals surface area contributed by atoms with Crippen LogP contribution in [-0.2, 0) is 16.1 Å². The first-order chi connectivity index (χ1) is 16.5. The molecule has 7 nitrogen and oxygen atoms in total. The Labute approximate surface area is 205 Å². The summed E-state index contributed by atoms with van der Waals surface area (Å²) >= 11 is 0. The Hall–Kier alpha value is -1.96. The van der Waals surface area contributed by atoms with Gasteiger partial charge in [-0.2, -0.15) is 0 Å². The highest BCUT2D eigenvalue weighted by Crippen LogP contribution is 2.28. The van der Waals surface area contributed by atoms with Gasteiger partial charge in [-0.1, -0.05) is 19.3 Å². The monoisotopic (exact) mass is 472 g/mol. The molecule has 2 aliphatic rings. The molecule has 0 aliphatic carbocycles. The van der Waals surface area contributed by atoms with Gasteiger partial charge in [0.25, 0.3) is 5.91 Å². The average molecular weight is 473 g/mol. The predicted molar refractivity (Wildman–Crippen MR) is 137 cm³/mol. The standard InChI is InChI=1S/C27H44N4O3/c1-22(32)31-17-8-6-4-5-7-16-30(25-12-18-34-19-13-25)21-24-20-23(10-11-26(24)31)27(33)28-14-9-15-29(2)3/h10-11,20,25H,4-9,12-19,21H2,1-3H3,(H,28,33). The van der Waals surface area contributed by atoms with Gasteiger partial charge in [0.15, 0.2) is 0 Å². The third-order valence-electron chi connectivity index (χ3n) is 6.99. The first kappa shape index (κ1) is 26.6. The van der Waals surface area contributed by atoms with E-state index in [1.54, 1.807) is 6.92 Å². The van der Waals surface area contributed by atoms with Gasteiger partial charge in [-0.3, -0.25) is 14.5 Å². The molecule has 0 radical (unpaired) electrons. The predicted octanol–water partition coefficient (Wildman–Crippen LogP) is 3.67. The average Bonchev–Trinajstić information content (AvgIpc) is 2.82. The summed E-state index contributed by atoms with van der Waals surface area (Å²) in [5.41, 5.74) is 2.70. The molecular formula is C27H44N4O3. The number of nitrogens with one attached hydrogen (secondary N) is 1. The second-order valence-electron chi connectivity index (χ2n) is 10.0. The Morgan fingerprint density at radius 3 is 2.47 bits per heavy atom. The fourth-order valence-electron chi connectivity index (χ4n) is 5.04. The lowest BCUT2D eigenvalue weighted by molar-refractivity contribution is -0.116. The third kappa shape index (κ3) is 8.07. The van der Waals surface area contributed by atoms with Crippen molar-refractivity contribution in [2.45, 2.75) is 70.9 Å². The summed E-state index contributed by atoms with van der Waals surface area (Å²) in [6.45, 7) is 7.40. The highest BCUT2D eigenvalue weighted by Gasteiger charge is 2.25. The van der Waals surface area contributed by atoms with Gasteiger partial charge in [-0.25, -0.2) is 0 Å². The highest BCUT2D eigenvalue weighted by molar-refractivity contribution is 5.97. The van der Waals surface area contributed by atoms with E-state index in [1.165, 1.54) is 19.3 Å². The summed E-state index contributed by atoms with van der Waals surface area (Å²) in [4.78, 5) is 32.1. The summed E-state index contributed by atoms with van der Waals surface area (Å²) in [5, 5.41) is 3.06. The van der Waals surface area contributed by atoms with Crippen molar-refractivity contribution >= 4 is 17.5 Å². The fraction of sp³-hybridized carbons (Fsp3) is 0.704. The number of nitrogens with zero attached hydrogens (tertiary/aromatic N) is 3. The van der Waals surface area contributed by atoms with Gasteiger partial charge in [0.1, 0.15) is 0 Å². The summed E-state index contributed by atoms with van der Waals surface area (Å²) in [7, 11) is 4.08. The molecule has 2 aliphatic heterocycles. The number of anilines is 1. The molecule has 1 aromatic carbocycles. The number of fused-ring (bicyclic) bond motifs is 1. The lowest BCUT2D eigenvalue weighted by Gasteiger charge is -2.36. The Morgan fingerprint density at radius 1 is 1.06 bits per heavy atom. The van der Waals surface area contributed by atoms with Gasteiger partial charge in [-0.05, 0) is 83.1 Å². The van der Waals surface area contributed by atoms with Gasteiger partial charge in [0.2, 0.25) is 5.91 Å². The van der Waals surface area contributed by atoms with Crippen LogP contribution in [0.15, 0.2) is 18.2 Å². The molecule has 1 N–H and O–H groups in total. The highest BCUT2D eigenvalue weighted by atomic mass is 16.5. The molecule has 0 spiro atoms. The minimum Gasteiger partial charge on any atom is -0.381 e. The fourth-order valence-corrected chi connectivity index (χ4v) is 5.04. The van der Waals surface area contributed by atoms with Crippen LogP contribution in [0.4, 0.5) is 5.69 Å². The molecule has 0 bridgehead atoms. The maximum atomic E-state index is 12.9. The molecule has 0 unspecified atom stereocenters. The molecule has 34 heavy (non-hydrogen) atoms. The van der Waals surface area contributed by atoms with Crippen LogP contribution < -0.4 is 10.2 Å². The van der Waals surface area contributed by atoms with Crippen LogP contribution in [0.5, 0.6) is 0 Å². The van der Waals surface area contributed by atoms with Gasteiger partial charge in [0.05, 0.1) is 0 Å². The summed E-state index contributed by atoms with van der Waals surface area (Å²) in [5.74, 6) is 0.0245. The van der Waals surface area contributed by atoms with Crippen LogP contribution in [0.3, 0.4) is 0 Å². The smallest absolute Gasteiger partial charge is 0.251 e. The van der Waals surface area contributed by atoms with Crippen molar-refractivity contribution in [2.24, 2.45) is 0 Å². The molecule has 3 rings (SSSR count). The first-order valence-corrected chi connectivity index (χ1v) is 13.1. The Kier molecular flexibility index (Phi) is 10.8. The number of carbonyl (C=O) groups is 2. The number of carbonyl (C=O) groups excluding carboxylic acids is 2. The minimum atomic E-state index is -0.0420. The molecule has 1 saturated heterocycles. The van der Waals surface area contributed by atoms with Crippen molar-refractivity contribution in [1.29, 1.82) is 0 Å². The summed E-state index contributed by atoms with van der Waals surface area (Å²) in [6.07, 6.45) is 8.78. The van der Waals surface area contributed by atoms with Crippen molar-refractivity contribution in [3.05, 3.63) is 29.3 Å². The molecule has 1 fully saturated rings. The van der Waals surface area contributed by atoms with Crippen LogP contribution in [-0.4, -0.2) is 81.1 Å². The van der Waals surface area contributed by atoms with E-state index in [0.29, 0.717) is 18.2 Å². The van der Waals surface area contributed by atoms with Crippen molar-refractivity contribution < 1.29 is 14.3 Å². The van der Waals surface area contributed by atoms with E-state index in [9.17, 15) is 9.59 Å². The maximum Gasteiger partial charge on any atom is 0.251 e. The van der Waals surface area contributed by atoms with Crippen LogP contribution in [0.1, 0.15) is 74.2 Å². The number of hydrogen-bond acceptors (Lipinski definition) is 5. The van der Waals surface area contributed by atoms with Crippen molar-refractivity contribution in [2.75, 3.05) is 58.4 Å². The van der Waals surface area contributed by atoms with E-state index in [4.69, 9.17) is 4.74 Å². The summed E-state index contributed by atoms with van der Waals surface area (Å²) < 4.78 is 5.62. The van der Waals surface area contributed by atoms with E-state index in [-0.39, 0.29) is 11.8 Å². The zero-order valence-electron chi connectivity index (χ0n) is 21.5. The van der Waals surface area contributed by atoms with Crippen LogP contribution in [0, 0.1) is 0 Å². The number of rotatable bonds is 6. The second kappa shape index (κ2) is 13.8. The Bertz CT molecular complexity index is 792. The Morgan fingerprint density at radius 2 is 1.76 bits per heavy atom. The van der Waals surface area contributed by atoms with E-state index < -0.39 is 0 Å². The molecule has 2 heterocycles. The quantitative estimate of drug-likeness (QED) is 0.640. The van der Waals surface area contributed by atoms with Gasteiger partial charge in [0, 0.05) is 57.1 Å². The molecule has 0 aromatic heterocycles. The van der Waals surface area contributed by atoms with Crippen LogP contribution in [0.25, 0.3) is 0 Å². The zero-order chi connectivity index (χ0) is 24.3. The van der Waals surface area contributed by atoms with Crippen LogP contribution in [0.2, 0.25) is 0 Å². The van der Waals surface area contributed by atoms with Gasteiger partial charge < -0.3 is 19.9 Å². The maximum absolute atomic E-state index is 12.9. The molecule has 1 aromatic rings. The molecule has 2 amide bonds. The number of benzene rings is 1. The second-order valence-corrected chi connectivity index (χ2v) is 10.0. The number of amides is 2. The van der Waals surface area contributed by atoms with Gasteiger partial charge >= 0.3 is 0 Å². The first-order valence-electron chi connectivity index (χ1n) is 13.1. The van der Waals surface area contributed by atoms with Crippen molar-refractivity contribution in [3.63, 3.8) is 0 Å². The molecule has 7 heteroatoms.